The number of nitrogens with zero attached hydrogens (tertiary/aromatic N) is 3. The zero-order valence-corrected chi connectivity index (χ0v) is 18.0. The van der Waals surface area contributed by atoms with Gasteiger partial charge in [0.1, 0.15) is 5.75 Å². The Bertz CT molecular complexity index is 610. The van der Waals surface area contributed by atoms with Gasteiger partial charge in [0.25, 0.3) is 5.91 Å². The number of carbonyl (C=O) groups excluding carboxylic acids is 1. The Morgan fingerprint density at radius 1 is 1.46 bits per heavy atom. The van der Waals surface area contributed by atoms with Crippen LogP contribution in [0.1, 0.15) is 18.9 Å². The number of β-amino-alcohol motifs (C(OH)–C–C–N with tert-alkyl or cyclic N) is 1. The highest BCUT2D eigenvalue weighted by atomic mass is 127. The summed E-state index contributed by atoms with van der Waals surface area (Å²) in [5.41, 5.74) is 1.00. The number of rotatable bonds is 6. The molecule has 146 valence electrons. The van der Waals surface area contributed by atoms with Gasteiger partial charge in [-0.05, 0) is 31.0 Å². The quantitative estimate of drug-likeness (QED) is 0.368. The summed E-state index contributed by atoms with van der Waals surface area (Å²) in [6.07, 6.45) is 0.489. The molecule has 1 saturated heterocycles. The Kier molecular flexibility index (Phi) is 9.71. The molecule has 1 fully saturated rings. The van der Waals surface area contributed by atoms with Crippen LogP contribution < -0.4 is 10.1 Å². The smallest absolute Gasteiger partial charge is 0.259 e. The summed E-state index contributed by atoms with van der Waals surface area (Å²) in [6.45, 7) is 4.76. The zero-order valence-electron chi connectivity index (χ0n) is 15.6. The van der Waals surface area contributed by atoms with Gasteiger partial charge in [0.05, 0.1) is 12.6 Å². The van der Waals surface area contributed by atoms with Crippen LogP contribution in [-0.2, 0) is 11.3 Å². The van der Waals surface area contributed by atoms with Gasteiger partial charge in [-0.1, -0.05) is 12.1 Å². The number of aliphatic imine (C=N–C) groups is 1. The summed E-state index contributed by atoms with van der Waals surface area (Å²) in [5.74, 6) is 1.39. The van der Waals surface area contributed by atoms with Crippen LogP contribution in [0.3, 0.4) is 0 Å². The van der Waals surface area contributed by atoms with Gasteiger partial charge in [0, 0.05) is 33.7 Å². The van der Waals surface area contributed by atoms with Crippen LogP contribution in [0.25, 0.3) is 0 Å². The topological polar surface area (TPSA) is 77.4 Å². The molecule has 2 N–H and O–H groups in total. The third kappa shape index (κ3) is 6.99. The van der Waals surface area contributed by atoms with Crippen molar-refractivity contribution in [3.8, 4) is 5.75 Å². The zero-order chi connectivity index (χ0) is 18.2. The number of ether oxygens (including phenoxy) is 1. The first-order valence-electron chi connectivity index (χ1n) is 8.62. The van der Waals surface area contributed by atoms with E-state index in [9.17, 15) is 9.90 Å². The van der Waals surface area contributed by atoms with E-state index in [1.165, 1.54) is 4.90 Å². The van der Waals surface area contributed by atoms with Crippen molar-refractivity contribution in [2.75, 3.05) is 40.3 Å². The number of nitrogens with one attached hydrogen (secondary N) is 1. The second-order valence-corrected chi connectivity index (χ2v) is 6.28. The van der Waals surface area contributed by atoms with E-state index in [4.69, 9.17) is 4.74 Å². The Morgan fingerprint density at radius 3 is 2.85 bits per heavy atom. The summed E-state index contributed by atoms with van der Waals surface area (Å²) in [7, 11) is 3.41. The van der Waals surface area contributed by atoms with Gasteiger partial charge in [-0.25, -0.2) is 4.99 Å². The Labute approximate surface area is 172 Å². The average Bonchev–Trinajstić information content (AvgIpc) is 3.03. The lowest BCUT2D eigenvalue weighted by Crippen LogP contribution is -2.40. The van der Waals surface area contributed by atoms with Crippen LogP contribution in [0.4, 0.5) is 0 Å². The second kappa shape index (κ2) is 11.2. The molecule has 26 heavy (non-hydrogen) atoms. The largest absolute Gasteiger partial charge is 0.484 e. The molecule has 0 saturated carbocycles. The first kappa shape index (κ1) is 22.5. The number of guanidine groups is 1. The van der Waals surface area contributed by atoms with E-state index in [1.54, 1.807) is 14.1 Å². The molecule has 2 rings (SSSR count). The van der Waals surface area contributed by atoms with Gasteiger partial charge < -0.3 is 25.0 Å². The molecule has 0 unspecified atom stereocenters. The molecule has 8 heteroatoms. The number of carbonyl (C=O) groups is 1. The average molecular weight is 476 g/mol. The first-order valence-corrected chi connectivity index (χ1v) is 8.62. The van der Waals surface area contributed by atoms with Crippen molar-refractivity contribution in [1.82, 2.24) is 15.1 Å². The molecule has 0 bridgehead atoms. The van der Waals surface area contributed by atoms with Gasteiger partial charge in [-0.2, -0.15) is 0 Å². The van der Waals surface area contributed by atoms with Gasteiger partial charge in [-0.3, -0.25) is 4.79 Å². The molecular formula is C18H29IN4O3. The molecule has 1 aromatic carbocycles. The predicted molar refractivity (Wildman–Crippen MR) is 113 cm³/mol. The summed E-state index contributed by atoms with van der Waals surface area (Å²) >= 11 is 0. The van der Waals surface area contributed by atoms with Gasteiger partial charge in [0.2, 0.25) is 0 Å². The van der Waals surface area contributed by atoms with E-state index in [0.29, 0.717) is 18.8 Å². The van der Waals surface area contributed by atoms with Gasteiger partial charge in [0.15, 0.2) is 12.6 Å². The summed E-state index contributed by atoms with van der Waals surface area (Å²) in [4.78, 5) is 19.8. The van der Waals surface area contributed by atoms with Crippen molar-refractivity contribution in [3.63, 3.8) is 0 Å². The number of aliphatic hydroxyl groups is 1. The highest BCUT2D eigenvalue weighted by Crippen LogP contribution is 2.15. The third-order valence-electron chi connectivity index (χ3n) is 3.97. The fourth-order valence-corrected chi connectivity index (χ4v) is 2.53. The number of likely N-dealkylation sites (tertiary alicyclic amines) is 1. The Hall–Kier alpha value is -1.55. The van der Waals surface area contributed by atoms with Crippen molar-refractivity contribution in [2.24, 2.45) is 4.99 Å². The maximum absolute atomic E-state index is 11.6. The van der Waals surface area contributed by atoms with Gasteiger partial charge >= 0.3 is 0 Å². The maximum atomic E-state index is 11.6. The number of amides is 1. The number of halogens is 1. The van der Waals surface area contributed by atoms with E-state index < -0.39 is 0 Å². The first-order chi connectivity index (χ1) is 12.0. The predicted octanol–water partition coefficient (Wildman–Crippen LogP) is 1.30. The van der Waals surface area contributed by atoms with Crippen LogP contribution in [0.2, 0.25) is 0 Å². The van der Waals surface area contributed by atoms with Crippen molar-refractivity contribution in [2.45, 2.75) is 26.0 Å². The standard InChI is InChI=1S/C18H28N4O3.HI/c1-4-19-18(22-9-8-15(23)12-22)20-11-14-6-5-7-16(10-14)25-13-17(24)21(2)3;/h5-7,10,15,23H,4,8-9,11-13H2,1-3H3,(H,19,20);1H/t15-;/m1./s1. The van der Waals surface area contributed by atoms with Crippen molar-refractivity contribution in [3.05, 3.63) is 29.8 Å². The van der Waals surface area contributed by atoms with Crippen LogP contribution in [-0.4, -0.2) is 73.2 Å². The molecular weight excluding hydrogens is 447 g/mol. The molecule has 0 spiro atoms. The monoisotopic (exact) mass is 476 g/mol. The molecule has 1 aliphatic rings. The number of benzene rings is 1. The SMILES string of the molecule is CCNC(=NCc1cccc(OCC(=O)N(C)C)c1)N1CC[C@@H](O)C1.I. The van der Waals surface area contributed by atoms with Crippen molar-refractivity contribution in [1.29, 1.82) is 0 Å². The van der Waals surface area contributed by atoms with Crippen LogP contribution in [0.5, 0.6) is 5.75 Å². The van der Waals surface area contributed by atoms with Crippen LogP contribution in [0, 0.1) is 0 Å². The summed E-state index contributed by atoms with van der Waals surface area (Å²) in [6, 6.07) is 7.60. The number of aliphatic hydroxyl groups excluding tert-OH is 1. The van der Waals surface area contributed by atoms with E-state index in [1.807, 2.05) is 31.2 Å². The molecule has 1 aromatic rings. The normalized spacial score (nSPS) is 16.8. The molecule has 7 nitrogen and oxygen atoms in total. The number of hydrogen-bond acceptors (Lipinski definition) is 4. The van der Waals surface area contributed by atoms with E-state index in [0.717, 1.165) is 31.0 Å². The Balaban J connectivity index is 0.00000338. The lowest BCUT2D eigenvalue weighted by molar-refractivity contribution is -0.130. The molecule has 0 radical (unpaired) electrons. The highest BCUT2D eigenvalue weighted by molar-refractivity contribution is 14.0. The summed E-state index contributed by atoms with van der Waals surface area (Å²) in [5, 5.41) is 13.0. The number of hydrogen-bond donors (Lipinski definition) is 2. The molecule has 1 atom stereocenters. The summed E-state index contributed by atoms with van der Waals surface area (Å²) < 4.78 is 5.54. The van der Waals surface area contributed by atoms with E-state index >= 15 is 0 Å². The lowest BCUT2D eigenvalue weighted by atomic mass is 10.2. The van der Waals surface area contributed by atoms with Crippen molar-refractivity contribution < 1.29 is 14.6 Å². The second-order valence-electron chi connectivity index (χ2n) is 6.28. The highest BCUT2D eigenvalue weighted by Gasteiger charge is 2.22. The molecule has 0 aromatic heterocycles. The molecule has 1 amide bonds. The lowest BCUT2D eigenvalue weighted by Gasteiger charge is -2.21. The fraction of sp³-hybridized carbons (Fsp3) is 0.556. The van der Waals surface area contributed by atoms with Gasteiger partial charge in [-0.15, -0.1) is 24.0 Å². The minimum Gasteiger partial charge on any atom is -0.484 e. The minimum atomic E-state index is -0.283. The van der Waals surface area contributed by atoms with Crippen LogP contribution >= 0.6 is 24.0 Å². The minimum absolute atomic E-state index is 0. The Morgan fingerprint density at radius 2 is 2.23 bits per heavy atom. The van der Waals surface area contributed by atoms with Crippen LogP contribution in [0.15, 0.2) is 29.3 Å². The van der Waals surface area contributed by atoms with Crippen molar-refractivity contribution >= 4 is 35.8 Å². The van der Waals surface area contributed by atoms with E-state index in [-0.39, 0.29) is 42.6 Å². The molecule has 0 aliphatic carbocycles. The third-order valence-corrected chi connectivity index (χ3v) is 3.97. The number of likely N-dealkylation sites (N-methyl/N-ethyl adjacent to an activating group) is 1. The fourth-order valence-electron chi connectivity index (χ4n) is 2.53. The van der Waals surface area contributed by atoms with E-state index in [2.05, 4.69) is 15.2 Å². The maximum Gasteiger partial charge on any atom is 0.259 e. The molecule has 1 aliphatic heterocycles. The molecule has 1 heterocycles.